The van der Waals surface area contributed by atoms with Gasteiger partial charge in [0.2, 0.25) is 0 Å². The van der Waals surface area contributed by atoms with Gasteiger partial charge in [-0.05, 0) is 31.2 Å². The minimum atomic E-state index is -3.24. The standard InChI is InChI=1S/C13H19NO4S/c1-5-14-13(2,12(15)18-3)10-6-8-11(9-7-10)19(4,16)17/h6-9,14H,5H2,1-4H3. The first-order chi connectivity index (χ1) is 8.75. The van der Waals surface area contributed by atoms with Gasteiger partial charge in [-0.2, -0.15) is 0 Å². The zero-order chi connectivity index (χ0) is 14.7. The summed E-state index contributed by atoms with van der Waals surface area (Å²) in [4.78, 5) is 12.1. The van der Waals surface area contributed by atoms with Crippen molar-refractivity contribution in [2.75, 3.05) is 19.9 Å². The second kappa shape index (κ2) is 5.71. The lowest BCUT2D eigenvalue weighted by molar-refractivity contribution is -0.148. The lowest BCUT2D eigenvalue weighted by Gasteiger charge is -2.28. The summed E-state index contributed by atoms with van der Waals surface area (Å²) in [6.07, 6.45) is 1.14. The highest BCUT2D eigenvalue weighted by atomic mass is 32.2. The van der Waals surface area contributed by atoms with Crippen LogP contribution in [-0.2, 0) is 24.9 Å². The van der Waals surface area contributed by atoms with Crippen molar-refractivity contribution in [3.05, 3.63) is 29.8 Å². The van der Waals surface area contributed by atoms with E-state index < -0.39 is 21.3 Å². The molecule has 1 unspecified atom stereocenters. The van der Waals surface area contributed by atoms with Crippen LogP contribution in [0.15, 0.2) is 29.2 Å². The van der Waals surface area contributed by atoms with Crippen LogP contribution in [0.1, 0.15) is 19.4 Å². The molecule has 0 radical (unpaired) electrons. The number of carbonyl (C=O) groups is 1. The van der Waals surface area contributed by atoms with Crippen LogP contribution in [0.4, 0.5) is 0 Å². The summed E-state index contributed by atoms with van der Waals surface area (Å²) < 4.78 is 27.6. The zero-order valence-corrected chi connectivity index (χ0v) is 12.4. The monoisotopic (exact) mass is 285 g/mol. The van der Waals surface area contributed by atoms with Gasteiger partial charge in [-0.3, -0.25) is 5.32 Å². The molecule has 0 aliphatic carbocycles. The molecule has 1 N–H and O–H groups in total. The van der Waals surface area contributed by atoms with Gasteiger partial charge in [-0.25, -0.2) is 13.2 Å². The quantitative estimate of drug-likeness (QED) is 0.820. The van der Waals surface area contributed by atoms with Crippen molar-refractivity contribution in [2.45, 2.75) is 24.3 Å². The first kappa shape index (κ1) is 15.7. The van der Waals surface area contributed by atoms with E-state index in [9.17, 15) is 13.2 Å². The molecule has 1 rings (SSSR count). The number of hydrogen-bond acceptors (Lipinski definition) is 5. The summed E-state index contributed by atoms with van der Waals surface area (Å²) >= 11 is 0. The fourth-order valence-corrected chi connectivity index (χ4v) is 2.52. The number of hydrogen-bond donors (Lipinski definition) is 1. The highest BCUT2D eigenvalue weighted by molar-refractivity contribution is 7.90. The molecule has 0 spiro atoms. The number of esters is 1. The van der Waals surface area contributed by atoms with E-state index >= 15 is 0 Å². The Hall–Kier alpha value is -1.40. The third-order valence-electron chi connectivity index (χ3n) is 2.98. The average Bonchev–Trinajstić information content (AvgIpc) is 2.37. The number of benzene rings is 1. The highest BCUT2D eigenvalue weighted by Crippen LogP contribution is 2.23. The molecule has 0 heterocycles. The number of likely N-dealkylation sites (N-methyl/N-ethyl adjacent to an activating group) is 1. The van der Waals surface area contributed by atoms with Gasteiger partial charge in [0.15, 0.2) is 9.84 Å². The molecule has 0 fully saturated rings. The Balaban J connectivity index is 3.22. The number of rotatable bonds is 5. The van der Waals surface area contributed by atoms with E-state index in [1.165, 1.54) is 19.2 Å². The van der Waals surface area contributed by atoms with Crippen LogP contribution >= 0.6 is 0 Å². The predicted molar refractivity (Wildman–Crippen MR) is 72.6 cm³/mol. The normalized spacial score (nSPS) is 14.7. The lowest BCUT2D eigenvalue weighted by atomic mass is 9.92. The predicted octanol–water partition coefficient (Wildman–Crippen LogP) is 1.09. The van der Waals surface area contributed by atoms with Crippen LogP contribution in [0.3, 0.4) is 0 Å². The number of nitrogens with one attached hydrogen (secondary N) is 1. The largest absolute Gasteiger partial charge is 0.467 e. The van der Waals surface area contributed by atoms with Gasteiger partial charge in [0.1, 0.15) is 5.54 Å². The molecular formula is C13H19NO4S. The molecule has 106 valence electrons. The third-order valence-corrected chi connectivity index (χ3v) is 4.11. The first-order valence-electron chi connectivity index (χ1n) is 5.89. The maximum Gasteiger partial charge on any atom is 0.330 e. The van der Waals surface area contributed by atoms with Crippen LogP contribution in [-0.4, -0.2) is 34.3 Å². The van der Waals surface area contributed by atoms with Gasteiger partial charge in [0.05, 0.1) is 12.0 Å². The minimum Gasteiger partial charge on any atom is -0.467 e. The summed E-state index contributed by atoms with van der Waals surface area (Å²) in [5.74, 6) is -0.415. The molecule has 6 heteroatoms. The number of sulfone groups is 1. The molecule has 0 bridgehead atoms. The van der Waals surface area contributed by atoms with Gasteiger partial charge in [0, 0.05) is 6.26 Å². The molecule has 1 aromatic rings. The molecule has 19 heavy (non-hydrogen) atoms. The Morgan fingerprint density at radius 1 is 1.32 bits per heavy atom. The molecule has 0 aliphatic rings. The summed E-state index contributed by atoms with van der Waals surface area (Å²) in [5.41, 5.74) is -0.326. The first-order valence-corrected chi connectivity index (χ1v) is 7.79. The fraction of sp³-hybridized carbons (Fsp3) is 0.462. The summed E-state index contributed by atoms with van der Waals surface area (Å²) in [5, 5.41) is 3.06. The van der Waals surface area contributed by atoms with Crippen molar-refractivity contribution >= 4 is 15.8 Å². The van der Waals surface area contributed by atoms with Gasteiger partial charge in [-0.1, -0.05) is 19.1 Å². The van der Waals surface area contributed by atoms with Crippen LogP contribution in [0, 0.1) is 0 Å². The maximum absolute atomic E-state index is 11.9. The summed E-state index contributed by atoms with van der Waals surface area (Å²) in [6, 6.07) is 6.22. The van der Waals surface area contributed by atoms with E-state index in [4.69, 9.17) is 4.74 Å². The van der Waals surface area contributed by atoms with Gasteiger partial charge in [-0.15, -0.1) is 0 Å². The van der Waals surface area contributed by atoms with Crippen molar-refractivity contribution in [1.29, 1.82) is 0 Å². The third kappa shape index (κ3) is 3.33. The van der Waals surface area contributed by atoms with Crippen molar-refractivity contribution in [1.82, 2.24) is 5.32 Å². The van der Waals surface area contributed by atoms with Crippen LogP contribution in [0.2, 0.25) is 0 Å². The Morgan fingerprint density at radius 2 is 1.84 bits per heavy atom. The van der Waals surface area contributed by atoms with Crippen LogP contribution < -0.4 is 5.32 Å². The summed E-state index contributed by atoms with van der Waals surface area (Å²) in [7, 11) is -1.92. The zero-order valence-electron chi connectivity index (χ0n) is 11.6. The molecule has 0 amide bonds. The lowest BCUT2D eigenvalue weighted by Crippen LogP contribution is -2.47. The van der Waals surface area contributed by atoms with Crippen LogP contribution in [0.25, 0.3) is 0 Å². The maximum atomic E-state index is 11.9. The van der Waals surface area contributed by atoms with Gasteiger partial charge in [0.25, 0.3) is 0 Å². The van der Waals surface area contributed by atoms with E-state index in [0.717, 1.165) is 6.26 Å². The van der Waals surface area contributed by atoms with Crippen molar-refractivity contribution in [2.24, 2.45) is 0 Å². The molecule has 0 saturated heterocycles. The van der Waals surface area contributed by atoms with Crippen LogP contribution in [0.5, 0.6) is 0 Å². The van der Waals surface area contributed by atoms with E-state index in [0.29, 0.717) is 12.1 Å². The summed E-state index contributed by atoms with van der Waals surface area (Å²) in [6.45, 7) is 4.17. The van der Waals surface area contributed by atoms with Crippen molar-refractivity contribution < 1.29 is 17.9 Å². The second-order valence-corrected chi connectivity index (χ2v) is 6.46. The second-order valence-electron chi connectivity index (χ2n) is 4.44. The molecule has 0 saturated carbocycles. The molecule has 5 nitrogen and oxygen atoms in total. The number of methoxy groups -OCH3 is 1. The minimum absolute atomic E-state index is 0.222. The topological polar surface area (TPSA) is 72.5 Å². The van der Waals surface area contributed by atoms with Crippen molar-refractivity contribution in [3.63, 3.8) is 0 Å². The number of carbonyl (C=O) groups excluding carboxylic acids is 1. The van der Waals surface area contributed by atoms with E-state index in [1.807, 2.05) is 6.92 Å². The van der Waals surface area contributed by atoms with Crippen molar-refractivity contribution in [3.8, 4) is 0 Å². The Labute approximate surface area is 113 Å². The molecular weight excluding hydrogens is 266 g/mol. The Morgan fingerprint density at radius 3 is 2.21 bits per heavy atom. The number of ether oxygens (including phenoxy) is 1. The molecule has 1 aromatic carbocycles. The molecule has 0 aromatic heterocycles. The van der Waals surface area contributed by atoms with E-state index in [-0.39, 0.29) is 4.90 Å². The smallest absolute Gasteiger partial charge is 0.330 e. The Bertz CT molecular complexity index is 551. The highest BCUT2D eigenvalue weighted by Gasteiger charge is 2.35. The van der Waals surface area contributed by atoms with E-state index in [2.05, 4.69) is 5.32 Å². The SMILES string of the molecule is CCNC(C)(C(=O)OC)c1ccc(S(C)(=O)=O)cc1. The van der Waals surface area contributed by atoms with Gasteiger partial charge >= 0.3 is 5.97 Å². The average molecular weight is 285 g/mol. The molecule has 0 aliphatic heterocycles. The van der Waals surface area contributed by atoms with Gasteiger partial charge < -0.3 is 4.74 Å². The fourth-order valence-electron chi connectivity index (χ4n) is 1.89. The molecule has 1 atom stereocenters. The Kier molecular flexibility index (Phi) is 4.70. The van der Waals surface area contributed by atoms with E-state index in [1.54, 1.807) is 19.1 Å².